The van der Waals surface area contributed by atoms with Crippen LogP contribution in [0.4, 0.5) is 17.6 Å². The first-order valence-corrected chi connectivity index (χ1v) is 12.2. The number of halogens is 4. The van der Waals surface area contributed by atoms with Crippen LogP contribution in [0.25, 0.3) is 0 Å². The van der Waals surface area contributed by atoms with Gasteiger partial charge in [0.25, 0.3) is 10.1 Å². The Balaban J connectivity index is 2.37. The number of rotatable bonds is 16. The number of ether oxygens (including phenoxy) is 4. The Labute approximate surface area is 194 Å². The van der Waals surface area contributed by atoms with Gasteiger partial charge in [-0.2, -0.15) is 26.0 Å². The van der Waals surface area contributed by atoms with Crippen molar-refractivity contribution in [2.75, 3.05) is 45.4 Å². The molecule has 1 aliphatic carbocycles. The fraction of sp³-hybridized carbons (Fsp3) is 0.895. The summed E-state index contributed by atoms with van der Waals surface area (Å²) in [6.07, 6.45) is -2.21. The summed E-state index contributed by atoms with van der Waals surface area (Å²) in [4.78, 5) is 24.0. The third-order valence-electron chi connectivity index (χ3n) is 4.88. The lowest BCUT2D eigenvalue weighted by Crippen LogP contribution is -2.46. The third-order valence-corrected chi connectivity index (χ3v) is 5.61. The van der Waals surface area contributed by atoms with Crippen molar-refractivity contribution in [1.82, 2.24) is 0 Å². The van der Waals surface area contributed by atoms with Gasteiger partial charge in [-0.05, 0) is 25.7 Å². The quantitative estimate of drug-likeness (QED) is 0.132. The molecule has 0 saturated heterocycles. The van der Waals surface area contributed by atoms with Crippen molar-refractivity contribution in [2.45, 2.75) is 56.5 Å². The van der Waals surface area contributed by atoms with Gasteiger partial charge < -0.3 is 24.1 Å². The van der Waals surface area contributed by atoms with Crippen LogP contribution in [0.2, 0.25) is 0 Å². The van der Waals surface area contributed by atoms with E-state index in [1.54, 1.807) is 0 Å². The van der Waals surface area contributed by atoms with Gasteiger partial charge in [0.1, 0.15) is 18.5 Å². The van der Waals surface area contributed by atoms with E-state index in [1.165, 1.54) is 0 Å². The molecule has 1 aliphatic rings. The average Bonchev–Trinajstić information content (AvgIpc) is 2.72. The third kappa shape index (κ3) is 11.7. The van der Waals surface area contributed by atoms with E-state index in [4.69, 9.17) is 28.6 Å². The van der Waals surface area contributed by atoms with E-state index >= 15 is 0 Å². The molecule has 200 valence electrons. The number of esters is 2. The fourth-order valence-corrected chi connectivity index (χ4v) is 3.86. The predicted octanol–water partition coefficient (Wildman–Crippen LogP) is 1.60. The molecule has 10 nitrogen and oxygen atoms in total. The molecule has 2 N–H and O–H groups in total. The summed E-state index contributed by atoms with van der Waals surface area (Å²) in [5.74, 6) is -14.8. The number of carbonyl (C=O) groups excluding carboxylic acids is 2. The minimum absolute atomic E-state index is 0.0212. The molecule has 0 amide bonds. The van der Waals surface area contributed by atoms with Crippen LogP contribution in [0.5, 0.6) is 0 Å². The highest BCUT2D eigenvalue weighted by Crippen LogP contribution is 2.39. The zero-order valence-electron chi connectivity index (χ0n) is 18.4. The van der Waals surface area contributed by atoms with E-state index < -0.39 is 64.5 Å². The number of aliphatic hydroxyl groups is 1. The second-order valence-electron chi connectivity index (χ2n) is 7.73. The topological polar surface area (TPSA) is 146 Å². The second-order valence-corrected chi connectivity index (χ2v) is 9.18. The average molecular weight is 526 g/mol. The molecule has 0 aromatic heterocycles. The molecule has 0 aliphatic heterocycles. The second kappa shape index (κ2) is 14.1. The van der Waals surface area contributed by atoms with Crippen LogP contribution < -0.4 is 0 Å². The fourth-order valence-electron chi connectivity index (χ4n) is 3.19. The van der Waals surface area contributed by atoms with E-state index in [0.717, 1.165) is 0 Å². The van der Waals surface area contributed by atoms with Crippen molar-refractivity contribution in [2.24, 2.45) is 5.92 Å². The lowest BCUT2D eigenvalue weighted by Gasteiger charge is -2.28. The summed E-state index contributed by atoms with van der Waals surface area (Å²) in [5, 5.41) is 8.55. The normalized spacial score (nSPS) is 19.6. The maximum absolute atomic E-state index is 13.7. The largest absolute Gasteiger partial charge is 0.463 e. The summed E-state index contributed by atoms with van der Waals surface area (Å²) in [6.45, 7) is 0.708. The Kier molecular flexibility index (Phi) is 12.7. The van der Waals surface area contributed by atoms with E-state index in [2.05, 4.69) is 0 Å². The van der Waals surface area contributed by atoms with Gasteiger partial charge in [0.2, 0.25) is 0 Å². The van der Waals surface area contributed by atoms with Crippen LogP contribution in [-0.2, 0) is 38.7 Å². The molecule has 15 heteroatoms. The van der Waals surface area contributed by atoms with Crippen LogP contribution in [0, 0.1) is 5.92 Å². The smallest absolute Gasteiger partial charge is 0.326 e. The van der Waals surface area contributed by atoms with Crippen molar-refractivity contribution in [1.29, 1.82) is 0 Å². The van der Waals surface area contributed by atoms with E-state index in [-0.39, 0.29) is 46.1 Å². The number of aliphatic hydroxyl groups excluding tert-OH is 1. The number of hydrogen-bond donors (Lipinski definition) is 2. The van der Waals surface area contributed by atoms with Crippen molar-refractivity contribution in [3.05, 3.63) is 0 Å². The van der Waals surface area contributed by atoms with E-state index in [9.17, 15) is 35.6 Å². The molecule has 1 rings (SSSR count). The number of carbonyl (C=O) groups is 2. The SMILES string of the molecule is O=C(CCC(F)(F)C(F)(F)CS(=O)(=O)O)OC1CCCC(C(=O)OCCOCCOCCO)C1. The Morgan fingerprint density at radius 3 is 2.18 bits per heavy atom. The highest BCUT2D eigenvalue weighted by atomic mass is 32.2. The highest BCUT2D eigenvalue weighted by Gasteiger charge is 2.58. The monoisotopic (exact) mass is 526 g/mol. The summed E-state index contributed by atoms with van der Waals surface area (Å²) in [7, 11) is -5.37. The Morgan fingerprint density at radius 2 is 1.56 bits per heavy atom. The molecular formula is C19H30F4O10S. The molecule has 0 aromatic carbocycles. The first-order valence-electron chi connectivity index (χ1n) is 10.6. The van der Waals surface area contributed by atoms with Crippen LogP contribution in [0.1, 0.15) is 38.5 Å². The van der Waals surface area contributed by atoms with E-state index in [1.807, 2.05) is 0 Å². The van der Waals surface area contributed by atoms with Crippen molar-refractivity contribution < 1.29 is 64.2 Å². The molecule has 34 heavy (non-hydrogen) atoms. The lowest BCUT2D eigenvalue weighted by atomic mass is 9.87. The first-order chi connectivity index (χ1) is 15.8. The standard InChI is InChI=1S/C19H30F4O10S/c20-18(21,19(22,23)13-34(27,28)29)5-4-16(25)33-15-3-1-2-14(12-15)17(26)32-11-10-31-9-8-30-7-6-24/h14-15,24H,1-13H2,(H,27,28,29). The van der Waals surface area contributed by atoms with Gasteiger partial charge in [0, 0.05) is 6.42 Å². The van der Waals surface area contributed by atoms with Gasteiger partial charge >= 0.3 is 23.8 Å². The highest BCUT2D eigenvalue weighted by molar-refractivity contribution is 7.85. The molecule has 2 unspecified atom stereocenters. The molecular weight excluding hydrogens is 496 g/mol. The van der Waals surface area contributed by atoms with Gasteiger partial charge in [0.05, 0.1) is 45.4 Å². The molecule has 0 aromatic rings. The number of alkyl halides is 4. The van der Waals surface area contributed by atoms with Crippen LogP contribution in [-0.4, -0.2) is 93.4 Å². The van der Waals surface area contributed by atoms with Gasteiger partial charge in [-0.15, -0.1) is 0 Å². The zero-order valence-corrected chi connectivity index (χ0v) is 19.2. The molecule has 0 heterocycles. The van der Waals surface area contributed by atoms with Gasteiger partial charge in [-0.3, -0.25) is 14.1 Å². The van der Waals surface area contributed by atoms with Crippen molar-refractivity contribution in [3.63, 3.8) is 0 Å². The van der Waals surface area contributed by atoms with Crippen molar-refractivity contribution in [3.8, 4) is 0 Å². The maximum atomic E-state index is 13.7. The molecule has 0 radical (unpaired) electrons. The molecule has 1 saturated carbocycles. The summed E-state index contributed by atoms with van der Waals surface area (Å²) < 4.78 is 104. The summed E-state index contributed by atoms with van der Waals surface area (Å²) >= 11 is 0. The molecule has 0 bridgehead atoms. The predicted molar refractivity (Wildman–Crippen MR) is 107 cm³/mol. The summed E-state index contributed by atoms with van der Waals surface area (Å²) in [6, 6.07) is 0. The Bertz CT molecular complexity index is 747. The van der Waals surface area contributed by atoms with Crippen LogP contribution >= 0.6 is 0 Å². The number of hydrogen-bond acceptors (Lipinski definition) is 9. The lowest BCUT2D eigenvalue weighted by molar-refractivity contribution is -0.201. The molecule has 1 fully saturated rings. The minimum Gasteiger partial charge on any atom is -0.463 e. The first kappa shape index (κ1) is 30.5. The molecule has 2 atom stereocenters. The van der Waals surface area contributed by atoms with Crippen LogP contribution in [0.3, 0.4) is 0 Å². The van der Waals surface area contributed by atoms with Gasteiger partial charge in [-0.25, -0.2) is 0 Å². The Morgan fingerprint density at radius 1 is 0.941 bits per heavy atom. The zero-order chi connectivity index (χ0) is 25.8. The molecule has 0 spiro atoms. The maximum Gasteiger partial charge on any atom is 0.326 e. The minimum atomic E-state index is -5.37. The van der Waals surface area contributed by atoms with E-state index in [0.29, 0.717) is 19.3 Å². The van der Waals surface area contributed by atoms with Crippen molar-refractivity contribution >= 4 is 22.1 Å². The summed E-state index contributed by atoms with van der Waals surface area (Å²) in [5.41, 5.74) is 0. The van der Waals surface area contributed by atoms with Crippen LogP contribution in [0.15, 0.2) is 0 Å². The van der Waals surface area contributed by atoms with Gasteiger partial charge in [0.15, 0.2) is 0 Å². The Hall–Kier alpha value is -1.55. The van der Waals surface area contributed by atoms with Gasteiger partial charge in [-0.1, -0.05) is 0 Å².